The minimum Gasteiger partial charge on any atom is -0.494 e. The Morgan fingerprint density at radius 2 is 1.81 bits per heavy atom. The van der Waals surface area contributed by atoms with Gasteiger partial charge in [-0.2, -0.15) is 4.31 Å². The molecular weight excluding hydrogens is 380 g/mol. The van der Waals surface area contributed by atoms with E-state index in [0.29, 0.717) is 19.7 Å². The van der Waals surface area contributed by atoms with Crippen molar-refractivity contribution in [1.82, 2.24) is 9.29 Å². The van der Waals surface area contributed by atoms with Gasteiger partial charge in [0.1, 0.15) is 10.6 Å². The Balaban J connectivity index is 1.45. The first-order valence-electron chi connectivity index (χ1n) is 9.25. The fourth-order valence-corrected chi connectivity index (χ4v) is 5.35. The molecule has 0 spiro atoms. The molecule has 0 atom stereocenters. The highest BCUT2D eigenvalue weighted by Gasteiger charge is 2.27. The zero-order valence-electron chi connectivity index (χ0n) is 15.8. The van der Waals surface area contributed by atoms with Gasteiger partial charge >= 0.3 is 0 Å². The van der Waals surface area contributed by atoms with E-state index in [2.05, 4.69) is 24.9 Å². The highest BCUT2D eigenvalue weighted by molar-refractivity contribution is 7.99. The molecule has 1 aromatic heterocycles. The molecule has 3 rings (SSSR count). The summed E-state index contributed by atoms with van der Waals surface area (Å²) in [4.78, 5) is 4.60. The normalized spacial score (nSPS) is 15.2. The average molecular weight is 407 g/mol. The maximum Gasteiger partial charge on any atom is 0.244 e. The molecule has 2 aromatic rings. The lowest BCUT2D eigenvalue weighted by atomic mass is 10.1. The van der Waals surface area contributed by atoms with Crippen molar-refractivity contribution >= 4 is 21.8 Å². The van der Waals surface area contributed by atoms with Gasteiger partial charge in [-0.1, -0.05) is 6.07 Å². The van der Waals surface area contributed by atoms with Gasteiger partial charge in [0.25, 0.3) is 0 Å². The van der Waals surface area contributed by atoms with E-state index < -0.39 is 10.0 Å². The molecule has 1 aromatic carbocycles. The van der Waals surface area contributed by atoms with Crippen LogP contribution in [0.4, 0.5) is 0 Å². The fraction of sp³-hybridized carbons (Fsp3) is 0.450. The quantitative estimate of drug-likeness (QED) is 0.489. The predicted octanol–water partition coefficient (Wildman–Crippen LogP) is 4.04. The monoisotopic (exact) mass is 406 g/mol. The summed E-state index contributed by atoms with van der Waals surface area (Å²) < 4.78 is 32.3. The molecule has 1 fully saturated rings. The van der Waals surface area contributed by atoms with Gasteiger partial charge in [0.2, 0.25) is 10.0 Å². The van der Waals surface area contributed by atoms with Crippen LogP contribution >= 0.6 is 11.8 Å². The zero-order valence-corrected chi connectivity index (χ0v) is 17.5. The van der Waals surface area contributed by atoms with Crippen LogP contribution in [0.2, 0.25) is 0 Å². The SMILES string of the molecule is Cc1cc(C)cc(OCCCSc2ccc(S(=O)(=O)N3CCCC3)cn2)c1. The molecule has 0 radical (unpaired) electrons. The van der Waals surface area contributed by atoms with Crippen molar-refractivity contribution in [1.29, 1.82) is 0 Å². The summed E-state index contributed by atoms with van der Waals surface area (Å²) in [6, 6.07) is 9.66. The third-order valence-electron chi connectivity index (χ3n) is 4.41. The highest BCUT2D eigenvalue weighted by Crippen LogP contribution is 2.23. The lowest BCUT2D eigenvalue weighted by molar-refractivity contribution is 0.318. The van der Waals surface area contributed by atoms with E-state index in [-0.39, 0.29) is 4.90 Å². The maximum atomic E-state index is 12.5. The summed E-state index contributed by atoms with van der Waals surface area (Å²) in [7, 11) is -3.38. The molecule has 0 N–H and O–H groups in total. The van der Waals surface area contributed by atoms with Gasteiger partial charge in [-0.25, -0.2) is 13.4 Å². The molecule has 0 amide bonds. The van der Waals surface area contributed by atoms with Crippen molar-refractivity contribution in [2.75, 3.05) is 25.4 Å². The molecule has 0 aliphatic carbocycles. The summed E-state index contributed by atoms with van der Waals surface area (Å²) in [6.07, 6.45) is 4.24. The van der Waals surface area contributed by atoms with Crippen LogP contribution in [0.15, 0.2) is 46.5 Å². The van der Waals surface area contributed by atoms with Crippen LogP contribution in [0.5, 0.6) is 5.75 Å². The lowest BCUT2D eigenvalue weighted by Gasteiger charge is -2.15. The highest BCUT2D eigenvalue weighted by atomic mass is 32.2. The van der Waals surface area contributed by atoms with Crippen LogP contribution < -0.4 is 4.74 Å². The van der Waals surface area contributed by atoms with Crippen molar-refractivity contribution in [2.24, 2.45) is 0 Å². The minimum atomic E-state index is -3.38. The van der Waals surface area contributed by atoms with Crippen molar-refractivity contribution in [3.05, 3.63) is 47.7 Å². The van der Waals surface area contributed by atoms with Gasteiger partial charge < -0.3 is 4.74 Å². The second kappa shape index (κ2) is 9.08. The summed E-state index contributed by atoms with van der Waals surface area (Å²) in [5, 5.41) is 0.835. The second-order valence-electron chi connectivity index (χ2n) is 6.82. The largest absolute Gasteiger partial charge is 0.494 e. The van der Waals surface area contributed by atoms with Crippen molar-refractivity contribution < 1.29 is 13.2 Å². The van der Waals surface area contributed by atoms with Gasteiger partial charge in [0, 0.05) is 25.0 Å². The van der Waals surface area contributed by atoms with Gasteiger partial charge in [-0.05, 0) is 68.5 Å². The first-order chi connectivity index (χ1) is 12.9. The molecule has 27 heavy (non-hydrogen) atoms. The number of ether oxygens (including phenoxy) is 1. The minimum absolute atomic E-state index is 0.284. The van der Waals surface area contributed by atoms with Gasteiger partial charge in [0.05, 0.1) is 11.6 Å². The van der Waals surface area contributed by atoms with E-state index in [0.717, 1.165) is 35.8 Å². The number of nitrogens with zero attached hydrogens (tertiary/aromatic N) is 2. The average Bonchev–Trinajstić information content (AvgIpc) is 3.16. The van der Waals surface area contributed by atoms with Gasteiger partial charge in [0.15, 0.2) is 0 Å². The standard InChI is InChI=1S/C20H26N2O3S2/c1-16-12-17(2)14-18(13-16)25-10-5-11-26-20-7-6-19(15-21-20)27(23,24)22-8-3-4-9-22/h6-7,12-15H,3-5,8-11H2,1-2H3. The number of rotatable bonds is 8. The third-order valence-corrected chi connectivity index (χ3v) is 7.33. The molecule has 1 aliphatic heterocycles. The molecule has 2 heterocycles. The van der Waals surface area contributed by atoms with Crippen LogP contribution in [0, 0.1) is 13.8 Å². The summed E-state index contributed by atoms with van der Waals surface area (Å²) in [6.45, 7) is 6.00. The van der Waals surface area contributed by atoms with Crippen LogP contribution in [-0.2, 0) is 10.0 Å². The number of hydrogen-bond acceptors (Lipinski definition) is 5. The molecule has 1 aliphatic rings. The van der Waals surface area contributed by atoms with Crippen LogP contribution in [0.1, 0.15) is 30.4 Å². The molecule has 0 bridgehead atoms. The van der Waals surface area contributed by atoms with Crippen molar-refractivity contribution in [3.63, 3.8) is 0 Å². The second-order valence-corrected chi connectivity index (χ2v) is 9.87. The van der Waals surface area contributed by atoms with E-state index in [1.807, 2.05) is 12.1 Å². The molecular formula is C20H26N2O3S2. The number of hydrogen-bond donors (Lipinski definition) is 0. The number of aromatic nitrogens is 1. The number of thioether (sulfide) groups is 1. The Morgan fingerprint density at radius 1 is 1.11 bits per heavy atom. The third kappa shape index (κ3) is 5.46. The Labute approximate surface area is 166 Å². The lowest BCUT2D eigenvalue weighted by Crippen LogP contribution is -2.27. The number of pyridine rings is 1. The summed E-state index contributed by atoms with van der Waals surface area (Å²) in [5.74, 6) is 1.78. The van der Waals surface area contributed by atoms with Gasteiger partial charge in [-0.3, -0.25) is 0 Å². The molecule has 7 heteroatoms. The van der Waals surface area contributed by atoms with Crippen LogP contribution in [0.25, 0.3) is 0 Å². The first-order valence-corrected chi connectivity index (χ1v) is 11.7. The number of aryl methyl sites for hydroxylation is 2. The van der Waals surface area contributed by atoms with E-state index in [1.54, 1.807) is 28.2 Å². The molecule has 5 nitrogen and oxygen atoms in total. The number of benzene rings is 1. The smallest absolute Gasteiger partial charge is 0.244 e. The Morgan fingerprint density at radius 3 is 2.44 bits per heavy atom. The Bertz CT molecular complexity index is 841. The maximum absolute atomic E-state index is 12.5. The topological polar surface area (TPSA) is 59.5 Å². The zero-order chi connectivity index (χ0) is 19.3. The summed E-state index contributed by atoms with van der Waals surface area (Å²) in [5.41, 5.74) is 2.40. The van der Waals surface area contributed by atoms with E-state index in [9.17, 15) is 8.42 Å². The van der Waals surface area contributed by atoms with Crippen LogP contribution in [-0.4, -0.2) is 43.2 Å². The van der Waals surface area contributed by atoms with Gasteiger partial charge in [-0.15, -0.1) is 11.8 Å². The fourth-order valence-electron chi connectivity index (χ4n) is 3.12. The summed E-state index contributed by atoms with van der Waals surface area (Å²) >= 11 is 1.61. The number of sulfonamides is 1. The molecule has 146 valence electrons. The predicted molar refractivity (Wildman–Crippen MR) is 109 cm³/mol. The van der Waals surface area contributed by atoms with E-state index in [1.165, 1.54) is 17.3 Å². The molecule has 0 unspecified atom stereocenters. The molecule has 0 saturated carbocycles. The van der Waals surface area contributed by atoms with E-state index in [4.69, 9.17) is 4.74 Å². The Hall–Kier alpha value is -1.57. The first kappa shape index (κ1) is 20.2. The Kier molecular flexibility index (Phi) is 6.78. The van der Waals surface area contributed by atoms with Crippen LogP contribution in [0.3, 0.4) is 0 Å². The van der Waals surface area contributed by atoms with Crippen molar-refractivity contribution in [2.45, 2.75) is 43.0 Å². The van der Waals surface area contributed by atoms with Crippen molar-refractivity contribution in [3.8, 4) is 5.75 Å². The molecule has 1 saturated heterocycles. The van der Waals surface area contributed by atoms with E-state index >= 15 is 0 Å².